The first-order valence-electron chi connectivity index (χ1n) is 7.87. The number of hydrogen-bond acceptors (Lipinski definition) is 3. The van der Waals surface area contributed by atoms with Gasteiger partial charge < -0.3 is 10.2 Å². The number of nitrogens with one attached hydrogen (secondary N) is 1. The normalized spacial score (nSPS) is 23.8. The number of amides is 1. The quantitative estimate of drug-likeness (QED) is 0.924. The average Bonchev–Trinajstić information content (AvgIpc) is 3.22. The minimum absolute atomic E-state index is 0.208. The van der Waals surface area contributed by atoms with Crippen LogP contribution in [0.25, 0.3) is 11.1 Å². The standard InChI is InChI=1S/C18H20N2OS/c1-12-2-4-13(5-3-12)16-6-7-22-17(16)18(21)20-10-14-8-19-9-15(14)11-20/h2-7,14-15,19H,8-11H2,1H3/t14-,15+. The monoisotopic (exact) mass is 312 g/mol. The van der Waals surface area contributed by atoms with Crippen LogP contribution < -0.4 is 5.32 Å². The fourth-order valence-electron chi connectivity index (χ4n) is 3.60. The molecule has 0 saturated carbocycles. The number of aryl methyl sites for hydroxylation is 1. The van der Waals surface area contributed by atoms with Crippen LogP contribution in [0.3, 0.4) is 0 Å². The fraction of sp³-hybridized carbons (Fsp3) is 0.389. The Labute approximate surface area is 135 Å². The Bertz CT molecular complexity index is 679. The molecule has 4 rings (SSSR count). The van der Waals surface area contributed by atoms with Gasteiger partial charge in [0.15, 0.2) is 0 Å². The predicted octanol–water partition coefficient (Wildman–Crippen LogP) is 3.01. The molecule has 1 aromatic carbocycles. The molecule has 0 aliphatic carbocycles. The van der Waals surface area contributed by atoms with Gasteiger partial charge in [-0.15, -0.1) is 11.3 Å². The maximum atomic E-state index is 12.9. The van der Waals surface area contributed by atoms with E-state index in [0.717, 1.165) is 42.2 Å². The highest BCUT2D eigenvalue weighted by molar-refractivity contribution is 7.12. The molecule has 22 heavy (non-hydrogen) atoms. The summed E-state index contributed by atoms with van der Waals surface area (Å²) in [5.74, 6) is 1.50. The second-order valence-corrected chi connectivity index (χ2v) is 7.33. The van der Waals surface area contributed by atoms with Crippen molar-refractivity contribution in [3.05, 3.63) is 46.2 Å². The van der Waals surface area contributed by atoms with Crippen LogP contribution in [0.5, 0.6) is 0 Å². The summed E-state index contributed by atoms with van der Waals surface area (Å²) in [5, 5.41) is 5.45. The van der Waals surface area contributed by atoms with Gasteiger partial charge in [-0.2, -0.15) is 0 Å². The molecule has 2 aliphatic heterocycles. The summed E-state index contributed by atoms with van der Waals surface area (Å²) >= 11 is 1.56. The van der Waals surface area contributed by atoms with Crippen molar-refractivity contribution < 1.29 is 4.79 Å². The van der Waals surface area contributed by atoms with Gasteiger partial charge in [0, 0.05) is 31.7 Å². The molecule has 0 unspecified atom stereocenters. The van der Waals surface area contributed by atoms with Gasteiger partial charge >= 0.3 is 0 Å². The third kappa shape index (κ3) is 2.36. The van der Waals surface area contributed by atoms with E-state index in [2.05, 4.69) is 47.5 Å². The number of rotatable bonds is 2. The van der Waals surface area contributed by atoms with Crippen molar-refractivity contribution in [2.75, 3.05) is 26.2 Å². The first-order valence-corrected chi connectivity index (χ1v) is 8.75. The largest absolute Gasteiger partial charge is 0.337 e. The molecule has 3 heterocycles. The van der Waals surface area contributed by atoms with E-state index in [4.69, 9.17) is 0 Å². The van der Waals surface area contributed by atoms with Crippen LogP contribution in [0, 0.1) is 18.8 Å². The fourth-order valence-corrected chi connectivity index (χ4v) is 4.48. The smallest absolute Gasteiger partial charge is 0.264 e. The number of likely N-dealkylation sites (tertiary alicyclic amines) is 1. The Kier molecular flexibility index (Phi) is 3.51. The molecule has 2 aliphatic rings. The zero-order chi connectivity index (χ0) is 15.1. The van der Waals surface area contributed by atoms with E-state index in [1.807, 2.05) is 5.38 Å². The van der Waals surface area contributed by atoms with Crippen LogP contribution in [-0.4, -0.2) is 37.0 Å². The van der Waals surface area contributed by atoms with Gasteiger partial charge in [-0.25, -0.2) is 0 Å². The topological polar surface area (TPSA) is 32.3 Å². The average molecular weight is 312 g/mol. The van der Waals surface area contributed by atoms with Gasteiger partial charge in [0.05, 0.1) is 4.88 Å². The van der Waals surface area contributed by atoms with E-state index in [9.17, 15) is 4.79 Å². The van der Waals surface area contributed by atoms with Crippen molar-refractivity contribution in [2.24, 2.45) is 11.8 Å². The van der Waals surface area contributed by atoms with Gasteiger partial charge in [0.2, 0.25) is 0 Å². The lowest BCUT2D eigenvalue weighted by atomic mass is 10.0. The SMILES string of the molecule is Cc1ccc(-c2ccsc2C(=O)N2C[C@H]3CNC[C@H]3C2)cc1. The number of thiophene rings is 1. The molecule has 4 heteroatoms. The maximum Gasteiger partial charge on any atom is 0.264 e. The lowest BCUT2D eigenvalue weighted by molar-refractivity contribution is 0.0787. The van der Waals surface area contributed by atoms with Crippen molar-refractivity contribution in [2.45, 2.75) is 6.92 Å². The van der Waals surface area contributed by atoms with Gasteiger partial charge in [0.25, 0.3) is 5.91 Å². The van der Waals surface area contributed by atoms with Crippen LogP contribution in [-0.2, 0) is 0 Å². The van der Waals surface area contributed by atoms with Crippen LogP contribution in [0.1, 0.15) is 15.2 Å². The summed E-state index contributed by atoms with van der Waals surface area (Å²) < 4.78 is 0. The molecule has 0 spiro atoms. The third-order valence-electron chi connectivity index (χ3n) is 4.90. The molecular weight excluding hydrogens is 292 g/mol. The number of nitrogens with zero attached hydrogens (tertiary/aromatic N) is 1. The molecule has 1 N–H and O–H groups in total. The second kappa shape index (κ2) is 5.52. The van der Waals surface area contributed by atoms with E-state index < -0.39 is 0 Å². The van der Waals surface area contributed by atoms with Crippen LogP contribution in [0.2, 0.25) is 0 Å². The highest BCUT2D eigenvalue weighted by atomic mass is 32.1. The first kappa shape index (κ1) is 14.0. The molecule has 2 aromatic rings. The van der Waals surface area contributed by atoms with Crippen molar-refractivity contribution >= 4 is 17.2 Å². The summed E-state index contributed by atoms with van der Waals surface area (Å²) in [5.41, 5.74) is 3.45. The van der Waals surface area contributed by atoms with E-state index >= 15 is 0 Å². The second-order valence-electron chi connectivity index (χ2n) is 6.42. The minimum atomic E-state index is 0.208. The van der Waals surface area contributed by atoms with Crippen molar-refractivity contribution in [3.8, 4) is 11.1 Å². The number of hydrogen-bond donors (Lipinski definition) is 1. The van der Waals surface area contributed by atoms with Crippen molar-refractivity contribution in [1.82, 2.24) is 10.2 Å². The van der Waals surface area contributed by atoms with Crippen LogP contribution in [0.4, 0.5) is 0 Å². The number of carbonyl (C=O) groups excluding carboxylic acids is 1. The Morgan fingerprint density at radius 1 is 1.14 bits per heavy atom. The first-order chi connectivity index (χ1) is 10.7. The highest BCUT2D eigenvalue weighted by Crippen LogP contribution is 2.33. The number of fused-ring (bicyclic) bond motifs is 1. The van der Waals surface area contributed by atoms with Crippen LogP contribution >= 0.6 is 11.3 Å². The zero-order valence-corrected chi connectivity index (χ0v) is 13.5. The van der Waals surface area contributed by atoms with Gasteiger partial charge in [0.1, 0.15) is 0 Å². The summed E-state index contributed by atoms with van der Waals surface area (Å²) in [6, 6.07) is 10.5. The predicted molar refractivity (Wildman–Crippen MR) is 90.2 cm³/mol. The molecule has 0 bridgehead atoms. The van der Waals surface area contributed by atoms with Crippen molar-refractivity contribution in [1.29, 1.82) is 0 Å². The number of benzene rings is 1. The minimum Gasteiger partial charge on any atom is -0.337 e. The van der Waals surface area contributed by atoms with E-state index in [0.29, 0.717) is 11.8 Å². The Morgan fingerprint density at radius 3 is 2.50 bits per heavy atom. The molecule has 3 nitrogen and oxygen atoms in total. The molecule has 1 aromatic heterocycles. The lowest BCUT2D eigenvalue weighted by Gasteiger charge is -2.17. The molecule has 2 atom stereocenters. The summed E-state index contributed by atoms with van der Waals surface area (Å²) in [6.07, 6.45) is 0. The Hall–Kier alpha value is -1.65. The lowest BCUT2D eigenvalue weighted by Crippen LogP contribution is -2.31. The Balaban J connectivity index is 1.59. The molecule has 2 saturated heterocycles. The van der Waals surface area contributed by atoms with Gasteiger partial charge in [-0.1, -0.05) is 29.8 Å². The molecule has 0 radical (unpaired) electrons. The summed E-state index contributed by atoms with van der Waals surface area (Å²) in [6.45, 7) is 6.01. The third-order valence-corrected chi connectivity index (χ3v) is 5.80. The van der Waals surface area contributed by atoms with Crippen LogP contribution in [0.15, 0.2) is 35.7 Å². The summed E-state index contributed by atoms with van der Waals surface area (Å²) in [4.78, 5) is 15.9. The van der Waals surface area contributed by atoms with E-state index in [1.165, 1.54) is 5.56 Å². The van der Waals surface area contributed by atoms with E-state index in [-0.39, 0.29) is 5.91 Å². The molecule has 114 valence electrons. The Morgan fingerprint density at radius 2 is 1.82 bits per heavy atom. The highest BCUT2D eigenvalue weighted by Gasteiger charge is 2.38. The maximum absolute atomic E-state index is 12.9. The molecular formula is C18H20N2OS. The number of carbonyl (C=O) groups is 1. The zero-order valence-electron chi connectivity index (χ0n) is 12.7. The molecule has 1 amide bonds. The van der Waals surface area contributed by atoms with Gasteiger partial charge in [-0.05, 0) is 35.8 Å². The van der Waals surface area contributed by atoms with Crippen molar-refractivity contribution in [3.63, 3.8) is 0 Å². The van der Waals surface area contributed by atoms with Gasteiger partial charge in [-0.3, -0.25) is 4.79 Å². The molecule has 2 fully saturated rings. The summed E-state index contributed by atoms with van der Waals surface area (Å²) in [7, 11) is 0. The van der Waals surface area contributed by atoms with E-state index in [1.54, 1.807) is 11.3 Å².